The summed E-state index contributed by atoms with van der Waals surface area (Å²) in [6.07, 6.45) is 0. The van der Waals surface area contributed by atoms with E-state index in [-0.39, 0.29) is 11.5 Å². The molecule has 3 aromatic rings. The quantitative estimate of drug-likeness (QED) is 0.735. The Hall–Kier alpha value is -3.08. The highest BCUT2D eigenvalue weighted by Crippen LogP contribution is 2.31. The van der Waals surface area contributed by atoms with Gasteiger partial charge in [0.15, 0.2) is 5.76 Å². The molecule has 0 radical (unpaired) electrons. The lowest BCUT2D eigenvalue weighted by Crippen LogP contribution is -2.30. The number of carbonyl (C=O) groups is 1. The molecule has 5 heteroatoms. The van der Waals surface area contributed by atoms with E-state index in [1.54, 1.807) is 30.3 Å². The minimum absolute atomic E-state index is 0.126. The van der Waals surface area contributed by atoms with E-state index < -0.39 is 18.0 Å². The summed E-state index contributed by atoms with van der Waals surface area (Å²) in [5, 5.41) is 11.1. The van der Waals surface area contributed by atoms with Crippen LogP contribution in [0.15, 0.2) is 51.7 Å². The van der Waals surface area contributed by atoms with Crippen molar-refractivity contribution >= 4 is 16.9 Å². The van der Waals surface area contributed by atoms with E-state index in [4.69, 9.17) is 9.15 Å². The smallest absolute Gasteiger partial charge is 0.235 e. The van der Waals surface area contributed by atoms with Crippen LogP contribution in [0.25, 0.3) is 22.3 Å². The number of benzene rings is 2. The molecule has 0 aliphatic carbocycles. The molecule has 24 heavy (non-hydrogen) atoms. The van der Waals surface area contributed by atoms with Crippen molar-refractivity contribution in [3.05, 3.63) is 63.8 Å². The van der Waals surface area contributed by atoms with Gasteiger partial charge in [0.05, 0.1) is 11.4 Å². The predicted octanol–water partition coefficient (Wildman–Crippen LogP) is 2.21. The van der Waals surface area contributed by atoms with Crippen molar-refractivity contribution in [3.8, 4) is 17.1 Å². The van der Waals surface area contributed by atoms with Gasteiger partial charge in [0, 0.05) is 5.56 Å². The van der Waals surface area contributed by atoms with Crippen molar-refractivity contribution in [2.24, 2.45) is 0 Å². The standard InChI is InChI=1S/C19H16O5/c1-11-3-6-13(7-4-11)18-19(23-10-16(20)21)17(22)14-8-5-12(2)9-15(14)24-18/h3-9H,10H2,1-2H3,(H,20,21)/p-1. The number of carboxylic acids is 1. The number of hydrogen-bond donors (Lipinski definition) is 0. The Labute approximate surface area is 138 Å². The Morgan fingerprint density at radius 2 is 1.75 bits per heavy atom. The number of aliphatic carboxylic acids is 1. The third-order valence-electron chi connectivity index (χ3n) is 3.65. The number of ether oxygens (including phenoxy) is 1. The van der Waals surface area contributed by atoms with Gasteiger partial charge in [-0.3, -0.25) is 4.79 Å². The third-order valence-corrected chi connectivity index (χ3v) is 3.65. The first-order valence-corrected chi connectivity index (χ1v) is 7.43. The molecular weight excluding hydrogens is 308 g/mol. The van der Waals surface area contributed by atoms with Gasteiger partial charge in [-0.05, 0) is 31.5 Å². The average molecular weight is 323 g/mol. The summed E-state index contributed by atoms with van der Waals surface area (Å²) in [6, 6.07) is 12.5. The second kappa shape index (κ2) is 6.20. The summed E-state index contributed by atoms with van der Waals surface area (Å²) in [4.78, 5) is 23.4. The number of hydrogen-bond acceptors (Lipinski definition) is 5. The summed E-state index contributed by atoms with van der Waals surface area (Å²) >= 11 is 0. The van der Waals surface area contributed by atoms with Crippen molar-refractivity contribution in [1.82, 2.24) is 0 Å². The fourth-order valence-electron chi connectivity index (χ4n) is 2.44. The van der Waals surface area contributed by atoms with Gasteiger partial charge in [0.1, 0.15) is 12.2 Å². The normalized spacial score (nSPS) is 10.8. The molecule has 1 heterocycles. The van der Waals surface area contributed by atoms with E-state index in [2.05, 4.69) is 0 Å². The van der Waals surface area contributed by atoms with Gasteiger partial charge in [-0.1, -0.05) is 35.9 Å². The molecule has 0 unspecified atom stereocenters. The molecule has 0 amide bonds. The zero-order chi connectivity index (χ0) is 17.3. The number of aryl methyl sites for hydroxylation is 2. The lowest BCUT2D eigenvalue weighted by molar-refractivity contribution is -0.307. The Morgan fingerprint density at radius 1 is 1.08 bits per heavy atom. The van der Waals surface area contributed by atoms with E-state index in [1.165, 1.54) is 0 Å². The molecule has 1 aromatic heterocycles. The number of fused-ring (bicyclic) bond motifs is 1. The van der Waals surface area contributed by atoms with E-state index in [0.29, 0.717) is 16.5 Å². The van der Waals surface area contributed by atoms with Crippen LogP contribution in [0, 0.1) is 13.8 Å². The molecule has 0 bridgehead atoms. The summed E-state index contributed by atoms with van der Waals surface area (Å²) in [7, 11) is 0. The van der Waals surface area contributed by atoms with Gasteiger partial charge in [-0.2, -0.15) is 0 Å². The molecule has 122 valence electrons. The van der Waals surface area contributed by atoms with Crippen LogP contribution in [0.2, 0.25) is 0 Å². The zero-order valence-corrected chi connectivity index (χ0v) is 13.3. The maximum atomic E-state index is 12.7. The Morgan fingerprint density at radius 3 is 2.42 bits per heavy atom. The van der Waals surface area contributed by atoms with Gasteiger partial charge in [0.25, 0.3) is 0 Å². The first kappa shape index (κ1) is 15.8. The molecule has 0 aliphatic heterocycles. The van der Waals surface area contributed by atoms with Crippen LogP contribution in [0.1, 0.15) is 11.1 Å². The number of rotatable bonds is 4. The highest BCUT2D eigenvalue weighted by molar-refractivity contribution is 5.82. The number of carbonyl (C=O) groups excluding carboxylic acids is 1. The first-order chi connectivity index (χ1) is 11.5. The van der Waals surface area contributed by atoms with Crippen LogP contribution in [0.4, 0.5) is 0 Å². The predicted molar refractivity (Wildman–Crippen MR) is 87.9 cm³/mol. The van der Waals surface area contributed by atoms with Crippen molar-refractivity contribution in [2.75, 3.05) is 6.61 Å². The van der Waals surface area contributed by atoms with E-state index >= 15 is 0 Å². The maximum Gasteiger partial charge on any atom is 0.235 e. The second-order valence-electron chi connectivity index (χ2n) is 5.62. The molecule has 0 fully saturated rings. The summed E-state index contributed by atoms with van der Waals surface area (Å²) < 4.78 is 11.1. The highest BCUT2D eigenvalue weighted by Gasteiger charge is 2.17. The van der Waals surface area contributed by atoms with Gasteiger partial charge in [-0.15, -0.1) is 0 Å². The minimum Gasteiger partial charge on any atom is -0.546 e. The van der Waals surface area contributed by atoms with Crippen molar-refractivity contribution in [1.29, 1.82) is 0 Å². The topological polar surface area (TPSA) is 79.6 Å². The Kier molecular flexibility index (Phi) is 4.08. The molecule has 0 spiro atoms. The van der Waals surface area contributed by atoms with Gasteiger partial charge < -0.3 is 19.1 Å². The van der Waals surface area contributed by atoms with Crippen LogP contribution in [0.5, 0.6) is 5.75 Å². The Bertz CT molecular complexity index is 967. The molecule has 0 saturated heterocycles. The minimum atomic E-state index is -1.41. The SMILES string of the molecule is Cc1ccc(-c2oc3cc(C)ccc3c(=O)c2OCC(=O)[O-])cc1. The fraction of sp³-hybridized carbons (Fsp3) is 0.158. The molecule has 5 nitrogen and oxygen atoms in total. The number of carboxylic acid groups (broad SMARTS) is 1. The zero-order valence-electron chi connectivity index (χ0n) is 13.3. The molecule has 0 N–H and O–H groups in total. The molecule has 0 atom stereocenters. The molecule has 0 saturated carbocycles. The lowest BCUT2D eigenvalue weighted by Gasteiger charge is -2.12. The average Bonchev–Trinajstić information content (AvgIpc) is 2.54. The molecule has 2 aromatic carbocycles. The van der Waals surface area contributed by atoms with E-state index in [9.17, 15) is 14.7 Å². The molecular formula is C19H15O5-. The van der Waals surface area contributed by atoms with E-state index in [0.717, 1.165) is 11.1 Å². The summed E-state index contributed by atoms with van der Waals surface area (Å²) in [6.45, 7) is 3.11. The van der Waals surface area contributed by atoms with Gasteiger partial charge >= 0.3 is 0 Å². The lowest BCUT2D eigenvalue weighted by atomic mass is 10.1. The third kappa shape index (κ3) is 3.01. The monoisotopic (exact) mass is 323 g/mol. The van der Waals surface area contributed by atoms with E-state index in [1.807, 2.05) is 26.0 Å². The largest absolute Gasteiger partial charge is 0.546 e. The van der Waals surface area contributed by atoms with Crippen LogP contribution < -0.4 is 15.3 Å². The van der Waals surface area contributed by atoms with Crippen molar-refractivity contribution < 1.29 is 19.1 Å². The van der Waals surface area contributed by atoms with Crippen molar-refractivity contribution in [3.63, 3.8) is 0 Å². The highest BCUT2D eigenvalue weighted by atomic mass is 16.5. The fourth-order valence-corrected chi connectivity index (χ4v) is 2.44. The summed E-state index contributed by atoms with van der Waals surface area (Å²) in [5.74, 6) is -1.33. The van der Waals surface area contributed by atoms with Gasteiger partial charge in [0.2, 0.25) is 11.2 Å². The van der Waals surface area contributed by atoms with Gasteiger partial charge in [-0.25, -0.2) is 0 Å². The molecule has 3 rings (SSSR count). The van der Waals surface area contributed by atoms with Crippen LogP contribution in [0.3, 0.4) is 0 Å². The molecule has 0 aliphatic rings. The first-order valence-electron chi connectivity index (χ1n) is 7.43. The van der Waals surface area contributed by atoms with Crippen LogP contribution >= 0.6 is 0 Å². The van der Waals surface area contributed by atoms with Crippen molar-refractivity contribution in [2.45, 2.75) is 13.8 Å². The van der Waals surface area contributed by atoms with Crippen LogP contribution in [-0.2, 0) is 4.79 Å². The second-order valence-corrected chi connectivity index (χ2v) is 5.62. The van der Waals surface area contributed by atoms with Crippen LogP contribution in [-0.4, -0.2) is 12.6 Å². The maximum absolute atomic E-state index is 12.7. The summed E-state index contributed by atoms with van der Waals surface area (Å²) in [5.41, 5.74) is 2.65. The Balaban J connectivity index is 2.27.